The van der Waals surface area contributed by atoms with Gasteiger partial charge >= 0.3 is 0 Å². The minimum atomic E-state index is 0. The van der Waals surface area contributed by atoms with Crippen LogP contribution < -0.4 is 0 Å². The average molecular weight is 341 g/mol. The molecule has 0 aliphatic rings. The fourth-order valence-corrected chi connectivity index (χ4v) is 1.03. The molecule has 0 heterocycles. The molecule has 0 spiro atoms. The largest absolute Gasteiger partial charge is 0.655 e. The second kappa shape index (κ2) is 17.8. The number of rotatable bonds is 8. The van der Waals surface area contributed by atoms with E-state index in [9.17, 15) is 0 Å². The Kier molecular flexibility index (Phi) is 21.8. The number of aliphatic imine (C=N–C) groups is 2. The molecule has 0 N–H and O–H groups in total. The second-order valence-electron chi connectivity index (χ2n) is 5.77. The first-order valence-electron chi connectivity index (χ1n) is 7.62. The minimum absolute atomic E-state index is 0. The SMILES string of the molecule is CC(C)N=CC[N-]C(C)C.CC(C)N=CC[N-]C(C)C.[Ni]. The van der Waals surface area contributed by atoms with E-state index in [1.807, 2.05) is 12.4 Å². The molecule has 0 rings (SSSR count). The summed E-state index contributed by atoms with van der Waals surface area (Å²) in [5.74, 6) is 0. The molecule has 21 heavy (non-hydrogen) atoms. The second-order valence-corrected chi connectivity index (χ2v) is 5.77. The van der Waals surface area contributed by atoms with Crippen LogP contribution in [0.4, 0.5) is 0 Å². The number of nitrogens with zero attached hydrogens (tertiary/aromatic N) is 4. The van der Waals surface area contributed by atoms with E-state index in [1.54, 1.807) is 0 Å². The Labute approximate surface area is 142 Å². The predicted octanol–water partition coefficient (Wildman–Crippen LogP) is 4.49. The molecule has 5 heteroatoms. The molecule has 0 aromatic carbocycles. The van der Waals surface area contributed by atoms with Gasteiger partial charge in [-0.15, -0.1) is 25.2 Å². The first-order chi connectivity index (χ1) is 9.25. The van der Waals surface area contributed by atoms with Gasteiger partial charge in [0.25, 0.3) is 0 Å². The molecular weight excluding hydrogens is 307 g/mol. The predicted molar refractivity (Wildman–Crippen MR) is 94.0 cm³/mol. The molecular formula is C16H34N4Ni-2. The van der Waals surface area contributed by atoms with E-state index in [1.165, 1.54) is 0 Å². The van der Waals surface area contributed by atoms with Crippen molar-refractivity contribution in [2.75, 3.05) is 13.1 Å². The van der Waals surface area contributed by atoms with Gasteiger partial charge in [0.05, 0.1) is 0 Å². The summed E-state index contributed by atoms with van der Waals surface area (Å²) >= 11 is 0. The maximum absolute atomic E-state index is 4.25. The van der Waals surface area contributed by atoms with Crippen molar-refractivity contribution in [1.82, 2.24) is 0 Å². The fraction of sp³-hybridized carbons (Fsp3) is 0.875. The van der Waals surface area contributed by atoms with Crippen LogP contribution in [0.2, 0.25) is 0 Å². The summed E-state index contributed by atoms with van der Waals surface area (Å²) in [5, 5.41) is 8.49. The van der Waals surface area contributed by atoms with Gasteiger partial charge in [-0.2, -0.15) is 0 Å². The maximum atomic E-state index is 4.25. The minimum Gasteiger partial charge on any atom is -0.655 e. The van der Waals surface area contributed by atoms with Gasteiger partial charge in [0.15, 0.2) is 0 Å². The molecule has 0 bridgehead atoms. The van der Waals surface area contributed by atoms with Crippen LogP contribution in [-0.2, 0) is 16.5 Å². The van der Waals surface area contributed by atoms with Crippen molar-refractivity contribution in [3.63, 3.8) is 0 Å². The zero-order valence-corrected chi connectivity index (χ0v) is 16.0. The smallest absolute Gasteiger partial charge is 0.0438 e. The van der Waals surface area contributed by atoms with Crippen LogP contribution in [0.5, 0.6) is 0 Å². The molecule has 0 aliphatic carbocycles. The summed E-state index contributed by atoms with van der Waals surface area (Å²) in [6.45, 7) is 18.1. The summed E-state index contributed by atoms with van der Waals surface area (Å²) in [6.07, 6.45) is 3.76. The van der Waals surface area contributed by atoms with Crippen LogP contribution in [-0.4, -0.2) is 49.7 Å². The Morgan fingerprint density at radius 2 is 0.952 bits per heavy atom. The summed E-state index contributed by atoms with van der Waals surface area (Å²) in [7, 11) is 0. The molecule has 0 aliphatic heterocycles. The van der Waals surface area contributed by atoms with Crippen molar-refractivity contribution in [2.45, 2.75) is 79.6 Å². The Hall–Kier alpha value is -0.246. The first-order valence-corrected chi connectivity index (χ1v) is 7.62. The summed E-state index contributed by atoms with van der Waals surface area (Å²) in [4.78, 5) is 8.36. The van der Waals surface area contributed by atoms with Crippen molar-refractivity contribution in [2.24, 2.45) is 9.98 Å². The number of hydrogen-bond donors (Lipinski definition) is 0. The molecule has 4 nitrogen and oxygen atoms in total. The summed E-state index contributed by atoms with van der Waals surface area (Å²) in [6, 6.07) is 1.67. The van der Waals surface area contributed by atoms with E-state index in [0.29, 0.717) is 24.2 Å². The van der Waals surface area contributed by atoms with Gasteiger partial charge in [-0.3, -0.25) is 9.98 Å². The van der Waals surface area contributed by atoms with Gasteiger partial charge in [-0.25, -0.2) is 0 Å². The van der Waals surface area contributed by atoms with Gasteiger partial charge < -0.3 is 10.6 Å². The summed E-state index contributed by atoms with van der Waals surface area (Å²) < 4.78 is 0. The fourth-order valence-electron chi connectivity index (χ4n) is 1.03. The Morgan fingerprint density at radius 3 is 1.14 bits per heavy atom. The Bertz CT molecular complexity index is 223. The quantitative estimate of drug-likeness (QED) is 0.461. The average Bonchev–Trinajstić information content (AvgIpc) is 2.30. The molecule has 0 fully saturated rings. The Balaban J connectivity index is -0.000000295. The van der Waals surface area contributed by atoms with Crippen LogP contribution in [0.15, 0.2) is 9.98 Å². The third-order valence-electron chi connectivity index (χ3n) is 1.91. The van der Waals surface area contributed by atoms with Crippen LogP contribution in [0.25, 0.3) is 10.6 Å². The molecule has 0 amide bonds. The molecule has 0 atom stereocenters. The van der Waals surface area contributed by atoms with Gasteiger partial charge in [-0.1, -0.05) is 27.7 Å². The van der Waals surface area contributed by atoms with Crippen LogP contribution in [0, 0.1) is 0 Å². The van der Waals surface area contributed by atoms with E-state index in [2.05, 4.69) is 76.0 Å². The molecule has 0 radical (unpaired) electrons. The van der Waals surface area contributed by atoms with Crippen molar-refractivity contribution in [3.05, 3.63) is 10.6 Å². The standard InChI is InChI=1S/2C8H17N2.Ni/c2*1-7(2)9-5-6-10-8(3)4;/h2*5,7-8H,6H2,1-4H3;/q2*-1;. The summed E-state index contributed by atoms with van der Waals surface area (Å²) in [5.41, 5.74) is 0. The van der Waals surface area contributed by atoms with E-state index in [0.717, 1.165) is 13.1 Å². The number of hydrogen-bond acceptors (Lipinski definition) is 2. The zero-order chi connectivity index (χ0) is 16.0. The first kappa shape index (κ1) is 25.7. The molecule has 0 aromatic rings. The molecule has 0 saturated heterocycles. The normalized spacial score (nSPS) is 11.6. The van der Waals surface area contributed by atoms with E-state index in [4.69, 9.17) is 0 Å². The third-order valence-corrected chi connectivity index (χ3v) is 1.91. The van der Waals surface area contributed by atoms with Crippen molar-refractivity contribution in [3.8, 4) is 0 Å². The molecule has 0 aromatic heterocycles. The van der Waals surface area contributed by atoms with E-state index >= 15 is 0 Å². The van der Waals surface area contributed by atoms with Crippen molar-refractivity contribution >= 4 is 12.4 Å². The monoisotopic (exact) mass is 340 g/mol. The third kappa shape index (κ3) is 32.9. The molecule has 130 valence electrons. The molecule has 0 saturated carbocycles. The van der Waals surface area contributed by atoms with Gasteiger partial charge in [0.1, 0.15) is 0 Å². The molecule has 0 unspecified atom stereocenters. The van der Waals surface area contributed by atoms with Crippen molar-refractivity contribution in [1.29, 1.82) is 0 Å². The van der Waals surface area contributed by atoms with Crippen LogP contribution in [0.3, 0.4) is 0 Å². The van der Waals surface area contributed by atoms with Gasteiger partial charge in [-0.05, 0) is 40.1 Å². The van der Waals surface area contributed by atoms with Gasteiger partial charge in [0, 0.05) is 28.6 Å². The van der Waals surface area contributed by atoms with Crippen LogP contribution in [0.1, 0.15) is 55.4 Å². The topological polar surface area (TPSA) is 52.9 Å². The maximum Gasteiger partial charge on any atom is 0.0438 e. The zero-order valence-electron chi connectivity index (χ0n) is 15.0. The van der Waals surface area contributed by atoms with Crippen LogP contribution >= 0.6 is 0 Å². The van der Waals surface area contributed by atoms with Gasteiger partial charge in [0.2, 0.25) is 0 Å². The Morgan fingerprint density at radius 1 is 0.667 bits per heavy atom. The van der Waals surface area contributed by atoms with E-state index in [-0.39, 0.29) is 16.5 Å². The van der Waals surface area contributed by atoms with E-state index < -0.39 is 0 Å². The van der Waals surface area contributed by atoms with Crippen molar-refractivity contribution < 1.29 is 16.5 Å².